The molecular weight excluding hydrogens is 232 g/mol. The summed E-state index contributed by atoms with van der Waals surface area (Å²) in [5, 5.41) is 0.561. The van der Waals surface area contributed by atoms with Crippen molar-refractivity contribution in [2.75, 3.05) is 12.4 Å². The number of rotatable bonds is 3. The van der Waals surface area contributed by atoms with Gasteiger partial charge in [-0.25, -0.2) is 9.97 Å². The van der Waals surface area contributed by atoms with Crippen molar-refractivity contribution in [3.63, 3.8) is 0 Å². The minimum absolute atomic E-state index is 0.551. The van der Waals surface area contributed by atoms with Gasteiger partial charge in [0.15, 0.2) is 0 Å². The first-order valence-electron chi connectivity index (χ1n) is 5.01. The quantitative estimate of drug-likeness (QED) is 0.766. The van der Waals surface area contributed by atoms with Gasteiger partial charge in [0.1, 0.15) is 11.0 Å². The summed E-state index contributed by atoms with van der Waals surface area (Å²) in [4.78, 5) is 8.79. The maximum atomic E-state index is 6.09. The van der Waals surface area contributed by atoms with E-state index >= 15 is 0 Å². The van der Waals surface area contributed by atoms with Crippen LogP contribution in [0, 0.1) is 0 Å². The highest BCUT2D eigenvalue weighted by molar-refractivity contribution is 7.98. The summed E-state index contributed by atoms with van der Waals surface area (Å²) in [7, 11) is 0. The standard InChI is InChI=1S/C10H13ClN2OS/c1-2-15-6-9-12-8-3-4-14-5-7(8)10(11)13-9/h2-6H2,1H3. The Morgan fingerprint density at radius 3 is 3.13 bits per heavy atom. The van der Waals surface area contributed by atoms with E-state index in [2.05, 4.69) is 16.9 Å². The summed E-state index contributed by atoms with van der Waals surface area (Å²) >= 11 is 7.89. The fourth-order valence-electron chi connectivity index (χ4n) is 1.50. The summed E-state index contributed by atoms with van der Waals surface area (Å²) in [6.07, 6.45) is 0.849. The molecule has 0 atom stereocenters. The molecule has 2 rings (SSSR count). The molecule has 15 heavy (non-hydrogen) atoms. The Morgan fingerprint density at radius 1 is 1.47 bits per heavy atom. The van der Waals surface area contributed by atoms with E-state index in [1.165, 1.54) is 0 Å². The Hall–Kier alpha value is -0.320. The first-order valence-corrected chi connectivity index (χ1v) is 6.54. The molecule has 0 saturated heterocycles. The van der Waals surface area contributed by atoms with E-state index in [9.17, 15) is 0 Å². The summed E-state index contributed by atoms with van der Waals surface area (Å²) in [6.45, 7) is 3.41. The molecule has 0 spiro atoms. The zero-order valence-electron chi connectivity index (χ0n) is 8.62. The smallest absolute Gasteiger partial charge is 0.140 e. The molecule has 0 N–H and O–H groups in total. The zero-order chi connectivity index (χ0) is 10.7. The first kappa shape index (κ1) is 11.2. The number of aromatic nitrogens is 2. The molecule has 1 aromatic heterocycles. The number of fused-ring (bicyclic) bond motifs is 1. The lowest BCUT2D eigenvalue weighted by atomic mass is 10.1. The van der Waals surface area contributed by atoms with Crippen molar-refractivity contribution in [2.45, 2.75) is 25.7 Å². The van der Waals surface area contributed by atoms with Gasteiger partial charge in [0.2, 0.25) is 0 Å². The molecule has 5 heteroatoms. The molecule has 1 aromatic rings. The van der Waals surface area contributed by atoms with Crippen LogP contribution in [0.5, 0.6) is 0 Å². The molecule has 0 fully saturated rings. The van der Waals surface area contributed by atoms with E-state index in [1.807, 2.05) is 0 Å². The van der Waals surface area contributed by atoms with Gasteiger partial charge in [0.25, 0.3) is 0 Å². The average Bonchev–Trinajstić information content (AvgIpc) is 2.26. The van der Waals surface area contributed by atoms with Gasteiger partial charge in [-0.05, 0) is 5.75 Å². The second kappa shape index (κ2) is 5.14. The first-order chi connectivity index (χ1) is 7.31. The third-order valence-electron chi connectivity index (χ3n) is 2.25. The summed E-state index contributed by atoms with van der Waals surface area (Å²) < 4.78 is 5.33. The van der Waals surface area contributed by atoms with Crippen LogP contribution in [0.4, 0.5) is 0 Å². The van der Waals surface area contributed by atoms with Crippen molar-refractivity contribution in [2.24, 2.45) is 0 Å². The van der Waals surface area contributed by atoms with E-state index < -0.39 is 0 Å². The largest absolute Gasteiger partial charge is 0.376 e. The SMILES string of the molecule is CCSCc1nc(Cl)c2c(n1)CCOC2. The van der Waals surface area contributed by atoms with E-state index in [1.54, 1.807) is 11.8 Å². The van der Waals surface area contributed by atoms with E-state index in [4.69, 9.17) is 16.3 Å². The van der Waals surface area contributed by atoms with Crippen molar-refractivity contribution in [3.8, 4) is 0 Å². The van der Waals surface area contributed by atoms with Gasteiger partial charge < -0.3 is 4.74 Å². The lowest BCUT2D eigenvalue weighted by molar-refractivity contribution is 0.109. The van der Waals surface area contributed by atoms with Crippen molar-refractivity contribution in [1.29, 1.82) is 0 Å². The van der Waals surface area contributed by atoms with Crippen molar-refractivity contribution in [3.05, 3.63) is 22.2 Å². The van der Waals surface area contributed by atoms with Crippen LogP contribution in [0.15, 0.2) is 0 Å². The lowest BCUT2D eigenvalue weighted by Gasteiger charge is -2.16. The zero-order valence-corrected chi connectivity index (χ0v) is 10.2. The van der Waals surface area contributed by atoms with Crippen LogP contribution in [0.1, 0.15) is 24.0 Å². The molecule has 0 radical (unpaired) electrons. The molecule has 1 aliphatic rings. The van der Waals surface area contributed by atoms with Gasteiger partial charge in [0.05, 0.1) is 24.7 Å². The molecular formula is C10H13ClN2OS. The topological polar surface area (TPSA) is 35.0 Å². The van der Waals surface area contributed by atoms with Gasteiger partial charge in [-0.3, -0.25) is 0 Å². The predicted molar refractivity (Wildman–Crippen MR) is 62.2 cm³/mol. The van der Waals surface area contributed by atoms with Crippen molar-refractivity contribution >= 4 is 23.4 Å². The molecule has 0 saturated carbocycles. The molecule has 0 unspecified atom stereocenters. The molecule has 0 aliphatic carbocycles. The normalized spacial score (nSPS) is 15.1. The number of halogens is 1. The number of thioether (sulfide) groups is 1. The summed E-state index contributed by atoms with van der Waals surface area (Å²) in [6, 6.07) is 0. The van der Waals surface area contributed by atoms with E-state index in [0.29, 0.717) is 11.8 Å². The Labute approximate surface area is 98.6 Å². The van der Waals surface area contributed by atoms with Crippen LogP contribution in [0.2, 0.25) is 5.15 Å². The van der Waals surface area contributed by atoms with Gasteiger partial charge in [-0.2, -0.15) is 11.8 Å². The molecule has 0 amide bonds. The summed E-state index contributed by atoms with van der Waals surface area (Å²) in [5.41, 5.74) is 2.03. The van der Waals surface area contributed by atoms with Gasteiger partial charge >= 0.3 is 0 Å². The predicted octanol–water partition coefficient (Wildman–Crippen LogP) is 2.46. The fourth-order valence-corrected chi connectivity index (χ4v) is 2.28. The maximum Gasteiger partial charge on any atom is 0.140 e. The summed E-state index contributed by atoms with van der Waals surface area (Å²) in [5.74, 6) is 2.75. The van der Waals surface area contributed by atoms with E-state index in [0.717, 1.165) is 41.6 Å². The Balaban J connectivity index is 2.24. The minimum atomic E-state index is 0.551. The highest BCUT2D eigenvalue weighted by Gasteiger charge is 2.16. The third kappa shape index (κ3) is 2.62. The average molecular weight is 245 g/mol. The number of ether oxygens (including phenoxy) is 1. The Kier molecular flexibility index (Phi) is 3.83. The third-order valence-corrected chi connectivity index (χ3v) is 3.44. The molecule has 82 valence electrons. The van der Waals surface area contributed by atoms with Crippen LogP contribution in [-0.2, 0) is 23.5 Å². The monoisotopic (exact) mass is 244 g/mol. The second-order valence-corrected chi connectivity index (χ2v) is 4.93. The van der Waals surface area contributed by atoms with E-state index in [-0.39, 0.29) is 0 Å². The van der Waals surface area contributed by atoms with Crippen LogP contribution >= 0.6 is 23.4 Å². The Morgan fingerprint density at radius 2 is 2.33 bits per heavy atom. The number of nitrogens with zero attached hydrogens (tertiary/aromatic N) is 2. The van der Waals surface area contributed by atoms with Crippen molar-refractivity contribution in [1.82, 2.24) is 9.97 Å². The van der Waals surface area contributed by atoms with Gasteiger partial charge in [-0.15, -0.1) is 0 Å². The van der Waals surface area contributed by atoms with Gasteiger partial charge in [-0.1, -0.05) is 18.5 Å². The molecule has 1 aliphatic heterocycles. The molecule has 3 nitrogen and oxygen atoms in total. The number of hydrogen-bond acceptors (Lipinski definition) is 4. The highest BCUT2D eigenvalue weighted by Crippen LogP contribution is 2.23. The molecule has 2 heterocycles. The Bertz CT molecular complexity index is 360. The fraction of sp³-hybridized carbons (Fsp3) is 0.600. The van der Waals surface area contributed by atoms with Crippen molar-refractivity contribution < 1.29 is 4.74 Å². The lowest BCUT2D eigenvalue weighted by Crippen LogP contribution is -2.14. The second-order valence-electron chi connectivity index (χ2n) is 3.30. The highest BCUT2D eigenvalue weighted by atomic mass is 35.5. The van der Waals surface area contributed by atoms with Crippen LogP contribution < -0.4 is 0 Å². The number of hydrogen-bond donors (Lipinski definition) is 0. The van der Waals surface area contributed by atoms with Crippen LogP contribution in [0.3, 0.4) is 0 Å². The minimum Gasteiger partial charge on any atom is -0.376 e. The molecule has 0 bridgehead atoms. The van der Waals surface area contributed by atoms with Crippen LogP contribution in [0.25, 0.3) is 0 Å². The van der Waals surface area contributed by atoms with Gasteiger partial charge in [0, 0.05) is 12.0 Å². The molecule has 0 aromatic carbocycles. The maximum absolute atomic E-state index is 6.09. The van der Waals surface area contributed by atoms with Crippen LogP contribution in [-0.4, -0.2) is 22.3 Å².